The predicted molar refractivity (Wildman–Crippen MR) is 135 cm³/mol. The summed E-state index contributed by atoms with van der Waals surface area (Å²) >= 11 is 1.32. The largest absolute Gasteiger partial charge is 0.347 e. The van der Waals surface area contributed by atoms with Crippen LogP contribution >= 0.6 is 11.3 Å². The van der Waals surface area contributed by atoms with Crippen LogP contribution < -0.4 is 5.56 Å². The molecule has 192 valence electrons. The van der Waals surface area contributed by atoms with Gasteiger partial charge in [-0.05, 0) is 32.0 Å². The molecular weight excluding hydrogens is 497 g/mol. The van der Waals surface area contributed by atoms with Gasteiger partial charge < -0.3 is 14.4 Å². The van der Waals surface area contributed by atoms with E-state index in [1.165, 1.54) is 26.5 Å². The van der Waals surface area contributed by atoms with Crippen LogP contribution in [0.2, 0.25) is 0 Å². The lowest BCUT2D eigenvalue weighted by atomic mass is 10.0. The normalized spacial score (nSPS) is 17.2. The van der Waals surface area contributed by atoms with Crippen LogP contribution in [0.5, 0.6) is 0 Å². The number of hydrogen-bond acceptors (Lipinski definition) is 7. The lowest BCUT2D eigenvalue weighted by molar-refractivity contribution is -0.187. The number of benzene rings is 1. The highest BCUT2D eigenvalue weighted by molar-refractivity contribution is 7.15. The minimum Gasteiger partial charge on any atom is -0.347 e. The molecule has 3 aromatic heterocycles. The molecule has 0 bridgehead atoms. The summed E-state index contributed by atoms with van der Waals surface area (Å²) in [5.41, 5.74) is 2.54. The number of piperidine rings is 1. The maximum absolute atomic E-state index is 14.4. The van der Waals surface area contributed by atoms with Gasteiger partial charge in [-0.15, -0.1) is 11.3 Å². The second-order valence-corrected chi connectivity index (χ2v) is 10.3. The van der Waals surface area contributed by atoms with Gasteiger partial charge in [-0.2, -0.15) is 5.10 Å². The van der Waals surface area contributed by atoms with Crippen molar-refractivity contribution in [2.24, 2.45) is 0 Å². The standard InChI is InChI=1S/C26H26FN5O4S/c1-16-13-20(29-32(16)21-6-4-3-5-19(21)27)23-17(2)28-25-31(24(23)34)18(15-37-25)14-22(33)30-9-7-26(8-10-30)35-11-12-36-26/h3-6,13,15H,7-12,14H2,1-2H3. The van der Waals surface area contributed by atoms with Crippen LogP contribution in [0.4, 0.5) is 4.39 Å². The zero-order valence-corrected chi connectivity index (χ0v) is 21.4. The summed E-state index contributed by atoms with van der Waals surface area (Å²) < 4.78 is 28.9. The third-order valence-electron chi connectivity index (χ3n) is 7.07. The Hall–Kier alpha value is -3.41. The van der Waals surface area contributed by atoms with Crippen molar-refractivity contribution >= 4 is 22.2 Å². The van der Waals surface area contributed by atoms with Crippen LogP contribution in [0.3, 0.4) is 0 Å². The topological polar surface area (TPSA) is 91.0 Å². The van der Waals surface area contributed by atoms with Gasteiger partial charge in [0.05, 0.1) is 30.9 Å². The highest BCUT2D eigenvalue weighted by Crippen LogP contribution is 2.31. The van der Waals surface area contributed by atoms with E-state index in [2.05, 4.69) is 10.1 Å². The molecule has 2 aliphatic heterocycles. The number of fused-ring (bicyclic) bond motifs is 1. The summed E-state index contributed by atoms with van der Waals surface area (Å²) in [7, 11) is 0. The highest BCUT2D eigenvalue weighted by Gasteiger charge is 2.40. The molecule has 0 radical (unpaired) electrons. The number of ether oxygens (including phenoxy) is 2. The minimum absolute atomic E-state index is 0.0544. The first kappa shape index (κ1) is 24.0. The van der Waals surface area contributed by atoms with Crippen LogP contribution in [0.1, 0.15) is 29.9 Å². The Morgan fingerprint density at radius 2 is 1.89 bits per heavy atom. The summed E-state index contributed by atoms with van der Waals surface area (Å²) in [6.07, 6.45) is 1.36. The molecule has 0 saturated carbocycles. The molecule has 6 rings (SSSR count). The second kappa shape index (κ2) is 9.16. The molecule has 2 aliphatic rings. The van der Waals surface area contributed by atoms with Crippen molar-refractivity contribution in [3.05, 3.63) is 69.0 Å². The Morgan fingerprint density at radius 1 is 1.16 bits per heavy atom. The summed E-state index contributed by atoms with van der Waals surface area (Å²) in [4.78, 5) is 33.8. The average Bonchev–Trinajstić information content (AvgIpc) is 3.59. The van der Waals surface area contributed by atoms with Crippen LogP contribution in [0.25, 0.3) is 21.9 Å². The second-order valence-electron chi connectivity index (χ2n) is 9.42. The molecule has 1 spiro atoms. The monoisotopic (exact) mass is 523 g/mol. The van der Waals surface area contributed by atoms with E-state index >= 15 is 0 Å². The molecule has 5 heterocycles. The van der Waals surface area contributed by atoms with E-state index in [1.54, 1.807) is 43.0 Å². The molecule has 37 heavy (non-hydrogen) atoms. The summed E-state index contributed by atoms with van der Waals surface area (Å²) in [6.45, 7) is 5.84. The summed E-state index contributed by atoms with van der Waals surface area (Å²) in [6, 6.07) is 8.10. The number of nitrogens with zero attached hydrogens (tertiary/aromatic N) is 5. The smallest absolute Gasteiger partial charge is 0.268 e. The molecule has 0 aliphatic carbocycles. The van der Waals surface area contributed by atoms with E-state index in [9.17, 15) is 14.0 Å². The maximum Gasteiger partial charge on any atom is 0.268 e. The van der Waals surface area contributed by atoms with Crippen molar-refractivity contribution in [1.29, 1.82) is 0 Å². The Bertz CT molecular complexity index is 1560. The third kappa shape index (κ3) is 4.16. The first-order chi connectivity index (χ1) is 17.8. The number of thiazole rings is 1. The molecule has 2 saturated heterocycles. The van der Waals surface area contributed by atoms with Crippen molar-refractivity contribution in [2.75, 3.05) is 26.3 Å². The molecule has 4 aromatic rings. The number of para-hydroxylation sites is 1. The zero-order valence-electron chi connectivity index (χ0n) is 20.6. The van der Waals surface area contributed by atoms with E-state index in [-0.39, 0.29) is 17.9 Å². The van der Waals surface area contributed by atoms with Crippen molar-refractivity contribution in [3.63, 3.8) is 0 Å². The lowest BCUT2D eigenvalue weighted by Gasteiger charge is -2.37. The molecule has 0 unspecified atom stereocenters. The molecule has 0 atom stereocenters. The number of amides is 1. The zero-order chi connectivity index (χ0) is 25.7. The number of rotatable bonds is 4. The number of carbonyl (C=O) groups excluding carboxylic acids is 1. The first-order valence-corrected chi connectivity index (χ1v) is 13.1. The van der Waals surface area contributed by atoms with E-state index in [0.717, 1.165) is 0 Å². The van der Waals surface area contributed by atoms with E-state index in [1.807, 2.05) is 5.38 Å². The van der Waals surface area contributed by atoms with E-state index < -0.39 is 11.6 Å². The molecule has 0 N–H and O–H groups in total. The van der Waals surface area contributed by atoms with Gasteiger partial charge in [0.1, 0.15) is 17.2 Å². The number of likely N-dealkylation sites (tertiary alicyclic amines) is 1. The molecule has 9 nitrogen and oxygen atoms in total. The van der Waals surface area contributed by atoms with Gasteiger partial charge >= 0.3 is 0 Å². The molecule has 1 amide bonds. The highest BCUT2D eigenvalue weighted by atomic mass is 32.1. The minimum atomic E-state index is -0.552. The summed E-state index contributed by atoms with van der Waals surface area (Å²) in [5, 5.41) is 6.36. The fourth-order valence-electron chi connectivity index (χ4n) is 5.14. The molecule has 1 aromatic carbocycles. The number of halogens is 1. The first-order valence-electron chi connectivity index (χ1n) is 12.2. The van der Waals surface area contributed by atoms with Crippen LogP contribution in [-0.2, 0) is 20.7 Å². The number of carbonyl (C=O) groups is 1. The van der Waals surface area contributed by atoms with Crippen LogP contribution in [-0.4, -0.2) is 62.1 Å². The number of hydrogen-bond donors (Lipinski definition) is 0. The number of aryl methyl sites for hydroxylation is 2. The van der Waals surface area contributed by atoms with Crippen LogP contribution in [0, 0.1) is 19.7 Å². The maximum atomic E-state index is 14.4. The Balaban J connectivity index is 1.31. The summed E-state index contributed by atoms with van der Waals surface area (Å²) in [5.74, 6) is -1.01. The van der Waals surface area contributed by atoms with Gasteiger partial charge in [0.25, 0.3) is 5.56 Å². The van der Waals surface area contributed by atoms with Crippen molar-refractivity contribution < 1.29 is 18.7 Å². The predicted octanol–water partition coefficient (Wildman–Crippen LogP) is 3.27. The Kier molecular flexibility index (Phi) is 5.93. The SMILES string of the molecule is Cc1nc2scc(CC(=O)N3CCC4(CC3)OCCO4)n2c(=O)c1-c1cc(C)n(-c2ccccc2F)n1. The van der Waals surface area contributed by atoms with Crippen LogP contribution in [0.15, 0.2) is 40.5 Å². The fraction of sp³-hybridized carbons (Fsp3) is 0.385. The van der Waals surface area contributed by atoms with Gasteiger partial charge in [-0.3, -0.25) is 14.0 Å². The van der Waals surface area contributed by atoms with Gasteiger partial charge in [0.15, 0.2) is 10.7 Å². The quantitative estimate of drug-likeness (QED) is 0.408. The van der Waals surface area contributed by atoms with E-state index in [0.29, 0.717) is 78.1 Å². The van der Waals surface area contributed by atoms with Crippen molar-refractivity contribution in [2.45, 2.75) is 38.9 Å². The van der Waals surface area contributed by atoms with Gasteiger partial charge in [-0.25, -0.2) is 14.1 Å². The molecular formula is C26H26FN5O4S. The Labute approximate surface area is 216 Å². The Morgan fingerprint density at radius 3 is 2.62 bits per heavy atom. The van der Waals surface area contributed by atoms with Gasteiger partial charge in [0, 0.05) is 42.7 Å². The van der Waals surface area contributed by atoms with Crippen molar-refractivity contribution in [1.82, 2.24) is 24.1 Å². The average molecular weight is 524 g/mol. The molecule has 11 heteroatoms. The fourth-order valence-corrected chi connectivity index (χ4v) is 6.06. The van der Waals surface area contributed by atoms with Gasteiger partial charge in [-0.1, -0.05) is 12.1 Å². The van der Waals surface area contributed by atoms with E-state index in [4.69, 9.17) is 9.47 Å². The third-order valence-corrected chi connectivity index (χ3v) is 7.94. The van der Waals surface area contributed by atoms with Crippen molar-refractivity contribution in [3.8, 4) is 16.9 Å². The molecule has 2 fully saturated rings. The van der Waals surface area contributed by atoms with Gasteiger partial charge in [0.2, 0.25) is 5.91 Å². The number of aromatic nitrogens is 4. The lowest BCUT2D eigenvalue weighted by Crippen LogP contribution is -2.47.